The molecule has 0 radical (unpaired) electrons. The summed E-state index contributed by atoms with van der Waals surface area (Å²) in [5, 5.41) is 0. The maximum Gasteiger partial charge on any atom is 0.189 e. The zero-order valence-electron chi connectivity index (χ0n) is 14.0. The molecule has 3 rings (SSSR count). The predicted octanol–water partition coefficient (Wildman–Crippen LogP) is 5.02. The molecule has 0 amide bonds. The standard InChI is InChI=1S/C22H20O2/c1-15-3-7-17(8-4-15)21(23)19-11-13-20(14-12-19)22(24)18-9-5-16(2)6-10-18/h3-11,13H,12,14H2,1-2H3. The average Bonchev–Trinajstić information content (AvgIpc) is 2.62. The quantitative estimate of drug-likeness (QED) is 0.743. The van der Waals surface area contributed by atoms with Gasteiger partial charge in [0.15, 0.2) is 11.6 Å². The van der Waals surface area contributed by atoms with E-state index < -0.39 is 0 Å². The van der Waals surface area contributed by atoms with Crippen molar-refractivity contribution >= 4 is 11.6 Å². The van der Waals surface area contributed by atoms with Crippen LogP contribution in [0.4, 0.5) is 0 Å². The second-order valence-corrected chi connectivity index (χ2v) is 6.27. The van der Waals surface area contributed by atoms with Crippen LogP contribution < -0.4 is 0 Å². The summed E-state index contributed by atoms with van der Waals surface area (Å²) in [4.78, 5) is 25.0. The van der Waals surface area contributed by atoms with Gasteiger partial charge in [0.25, 0.3) is 0 Å². The van der Waals surface area contributed by atoms with E-state index in [2.05, 4.69) is 0 Å². The van der Waals surface area contributed by atoms with Crippen LogP contribution in [0, 0.1) is 13.8 Å². The van der Waals surface area contributed by atoms with Crippen LogP contribution in [0.5, 0.6) is 0 Å². The van der Waals surface area contributed by atoms with Crippen LogP contribution in [0.15, 0.2) is 71.8 Å². The van der Waals surface area contributed by atoms with Gasteiger partial charge in [0, 0.05) is 22.3 Å². The number of allylic oxidation sites excluding steroid dienone is 4. The number of rotatable bonds is 4. The molecule has 2 aromatic carbocycles. The first-order valence-corrected chi connectivity index (χ1v) is 8.17. The van der Waals surface area contributed by atoms with Crippen LogP contribution in [0.2, 0.25) is 0 Å². The van der Waals surface area contributed by atoms with Crippen LogP contribution in [0.3, 0.4) is 0 Å². The van der Waals surface area contributed by atoms with Gasteiger partial charge >= 0.3 is 0 Å². The van der Waals surface area contributed by atoms with Crippen LogP contribution in [-0.4, -0.2) is 11.6 Å². The number of benzene rings is 2. The maximum atomic E-state index is 12.5. The summed E-state index contributed by atoms with van der Waals surface area (Å²) in [5.41, 5.74) is 5.20. The fourth-order valence-electron chi connectivity index (χ4n) is 2.80. The van der Waals surface area contributed by atoms with Gasteiger partial charge in [-0.05, 0) is 26.7 Å². The highest BCUT2D eigenvalue weighted by molar-refractivity contribution is 6.11. The molecule has 0 bridgehead atoms. The summed E-state index contributed by atoms with van der Waals surface area (Å²) in [7, 11) is 0. The highest BCUT2D eigenvalue weighted by Gasteiger charge is 2.19. The molecule has 2 aromatic rings. The summed E-state index contributed by atoms with van der Waals surface area (Å²) < 4.78 is 0. The summed E-state index contributed by atoms with van der Waals surface area (Å²) in [6, 6.07) is 15.2. The van der Waals surface area contributed by atoms with Gasteiger partial charge in [0.05, 0.1) is 0 Å². The van der Waals surface area contributed by atoms with E-state index in [0.717, 1.165) is 22.3 Å². The smallest absolute Gasteiger partial charge is 0.189 e. The molecule has 2 nitrogen and oxygen atoms in total. The second kappa shape index (κ2) is 6.79. The minimum absolute atomic E-state index is 0.0492. The number of hydrogen-bond acceptors (Lipinski definition) is 2. The van der Waals surface area contributed by atoms with Crippen molar-refractivity contribution < 1.29 is 9.59 Å². The highest BCUT2D eigenvalue weighted by atomic mass is 16.1. The van der Waals surface area contributed by atoms with Crippen molar-refractivity contribution in [3.8, 4) is 0 Å². The molecule has 0 unspecified atom stereocenters. The zero-order chi connectivity index (χ0) is 17.1. The van der Waals surface area contributed by atoms with Crippen LogP contribution >= 0.6 is 0 Å². The lowest BCUT2D eigenvalue weighted by atomic mass is 9.89. The third-order valence-corrected chi connectivity index (χ3v) is 4.36. The van der Waals surface area contributed by atoms with Crippen molar-refractivity contribution in [2.75, 3.05) is 0 Å². The molecule has 0 heterocycles. The summed E-state index contributed by atoms with van der Waals surface area (Å²) in [6.45, 7) is 4.00. The molecular formula is C22H20O2. The molecule has 0 saturated heterocycles. The molecule has 0 saturated carbocycles. The van der Waals surface area contributed by atoms with Gasteiger partial charge in [0.1, 0.15) is 0 Å². The minimum atomic E-state index is 0.0492. The first kappa shape index (κ1) is 16.1. The number of hydrogen-bond donors (Lipinski definition) is 0. The van der Waals surface area contributed by atoms with E-state index >= 15 is 0 Å². The number of aryl methyl sites for hydroxylation is 2. The number of carbonyl (C=O) groups is 2. The Labute approximate surface area is 142 Å². The predicted molar refractivity (Wildman–Crippen MR) is 96.4 cm³/mol. The molecule has 120 valence electrons. The zero-order valence-corrected chi connectivity index (χ0v) is 14.0. The van der Waals surface area contributed by atoms with Crippen molar-refractivity contribution in [1.82, 2.24) is 0 Å². The number of carbonyl (C=O) groups excluding carboxylic acids is 2. The molecule has 0 atom stereocenters. The Balaban J connectivity index is 1.78. The Morgan fingerprint density at radius 2 is 0.958 bits per heavy atom. The molecule has 0 aromatic heterocycles. The van der Waals surface area contributed by atoms with Crippen molar-refractivity contribution in [2.45, 2.75) is 26.7 Å². The number of Topliss-reactive ketones (excluding diaryl/α,β-unsaturated/α-hetero) is 2. The SMILES string of the molecule is Cc1ccc(C(=O)C2=CC=C(C(=O)c3ccc(C)cc3)CC2)cc1. The van der Waals surface area contributed by atoms with Crippen LogP contribution in [-0.2, 0) is 0 Å². The fourth-order valence-corrected chi connectivity index (χ4v) is 2.80. The van der Waals surface area contributed by atoms with E-state index in [1.54, 1.807) is 12.2 Å². The van der Waals surface area contributed by atoms with E-state index in [-0.39, 0.29) is 11.6 Å². The Bertz CT molecular complexity index is 761. The lowest BCUT2D eigenvalue weighted by Crippen LogP contribution is -2.10. The van der Waals surface area contributed by atoms with E-state index in [4.69, 9.17) is 0 Å². The van der Waals surface area contributed by atoms with E-state index in [1.807, 2.05) is 62.4 Å². The van der Waals surface area contributed by atoms with Gasteiger partial charge in [-0.15, -0.1) is 0 Å². The maximum absolute atomic E-state index is 12.5. The first-order valence-electron chi connectivity index (χ1n) is 8.17. The summed E-state index contributed by atoms with van der Waals surface area (Å²) in [5.74, 6) is 0.0983. The van der Waals surface area contributed by atoms with Gasteiger partial charge in [-0.25, -0.2) is 0 Å². The van der Waals surface area contributed by atoms with Gasteiger partial charge < -0.3 is 0 Å². The van der Waals surface area contributed by atoms with Gasteiger partial charge in [-0.3, -0.25) is 9.59 Å². The molecule has 0 fully saturated rings. The molecule has 1 aliphatic rings. The third-order valence-electron chi connectivity index (χ3n) is 4.36. The van der Waals surface area contributed by atoms with Gasteiger partial charge in [0.2, 0.25) is 0 Å². The average molecular weight is 316 g/mol. The number of ketones is 2. The van der Waals surface area contributed by atoms with Crippen molar-refractivity contribution in [3.05, 3.63) is 94.1 Å². The highest BCUT2D eigenvalue weighted by Crippen LogP contribution is 2.24. The van der Waals surface area contributed by atoms with E-state index in [9.17, 15) is 9.59 Å². The topological polar surface area (TPSA) is 34.1 Å². The first-order chi connectivity index (χ1) is 11.5. The van der Waals surface area contributed by atoms with Crippen molar-refractivity contribution in [2.24, 2.45) is 0 Å². The molecule has 0 N–H and O–H groups in total. The summed E-state index contributed by atoms with van der Waals surface area (Å²) >= 11 is 0. The van der Waals surface area contributed by atoms with Crippen LogP contribution in [0.25, 0.3) is 0 Å². The minimum Gasteiger partial charge on any atom is -0.289 e. The monoisotopic (exact) mass is 316 g/mol. The van der Waals surface area contributed by atoms with Gasteiger partial charge in [-0.2, -0.15) is 0 Å². The Kier molecular flexibility index (Phi) is 4.57. The molecule has 2 heteroatoms. The Hall–Kier alpha value is -2.74. The van der Waals surface area contributed by atoms with E-state index in [1.165, 1.54) is 0 Å². The third kappa shape index (κ3) is 3.43. The fraction of sp³-hybridized carbons (Fsp3) is 0.182. The van der Waals surface area contributed by atoms with E-state index in [0.29, 0.717) is 24.0 Å². The lowest BCUT2D eigenvalue weighted by Gasteiger charge is -2.13. The second-order valence-electron chi connectivity index (χ2n) is 6.27. The van der Waals surface area contributed by atoms with Gasteiger partial charge in [-0.1, -0.05) is 71.8 Å². The Morgan fingerprint density at radius 1 is 0.625 bits per heavy atom. The molecule has 0 aliphatic heterocycles. The Morgan fingerprint density at radius 3 is 1.25 bits per heavy atom. The molecule has 24 heavy (non-hydrogen) atoms. The summed E-state index contributed by atoms with van der Waals surface area (Å²) in [6.07, 6.45) is 4.81. The largest absolute Gasteiger partial charge is 0.289 e. The molecule has 1 aliphatic carbocycles. The van der Waals surface area contributed by atoms with Crippen molar-refractivity contribution in [3.63, 3.8) is 0 Å². The van der Waals surface area contributed by atoms with Crippen LogP contribution in [0.1, 0.15) is 44.7 Å². The molecule has 0 spiro atoms. The normalized spacial score (nSPS) is 13.9. The lowest BCUT2D eigenvalue weighted by molar-refractivity contribution is 0.101. The molecular weight excluding hydrogens is 296 g/mol. The van der Waals surface area contributed by atoms with Crippen molar-refractivity contribution in [1.29, 1.82) is 0 Å².